The summed E-state index contributed by atoms with van der Waals surface area (Å²) in [7, 11) is 0. The number of benzene rings is 1. The minimum atomic E-state index is -0.0624. The van der Waals surface area contributed by atoms with Crippen molar-refractivity contribution in [3.63, 3.8) is 0 Å². The topological polar surface area (TPSA) is 38.3 Å². The predicted molar refractivity (Wildman–Crippen MR) is 77.9 cm³/mol. The fourth-order valence-electron chi connectivity index (χ4n) is 2.66. The van der Waals surface area contributed by atoms with Crippen molar-refractivity contribution in [3.05, 3.63) is 35.2 Å². The van der Waals surface area contributed by atoms with E-state index in [-0.39, 0.29) is 17.7 Å². The minimum absolute atomic E-state index is 0.0624. The molecule has 1 aliphatic rings. The molecule has 19 heavy (non-hydrogen) atoms. The van der Waals surface area contributed by atoms with Gasteiger partial charge in [0, 0.05) is 16.3 Å². The Morgan fingerprint density at radius 2 is 2.32 bits per heavy atom. The molecule has 1 aromatic carbocycles. The standard InChI is InChI=1S/C15H17NO2S/c1-2-16-13-9-18-8-12(13)14(17)11-5-3-4-10-6-7-19-15(10)11/h3-7,12-13,16H,2,8-9H2,1H3. The van der Waals surface area contributed by atoms with Gasteiger partial charge in [0.1, 0.15) is 0 Å². The molecule has 2 unspecified atom stereocenters. The molecule has 1 N–H and O–H groups in total. The summed E-state index contributed by atoms with van der Waals surface area (Å²) in [6, 6.07) is 8.15. The molecule has 1 aliphatic heterocycles. The van der Waals surface area contributed by atoms with Crippen LogP contribution in [0.25, 0.3) is 10.1 Å². The lowest BCUT2D eigenvalue weighted by atomic mass is 9.93. The minimum Gasteiger partial charge on any atom is -0.379 e. The third-order valence-electron chi connectivity index (χ3n) is 3.63. The van der Waals surface area contributed by atoms with Crippen LogP contribution in [-0.2, 0) is 4.74 Å². The van der Waals surface area contributed by atoms with Crippen molar-refractivity contribution in [3.8, 4) is 0 Å². The summed E-state index contributed by atoms with van der Waals surface area (Å²) >= 11 is 1.63. The van der Waals surface area contributed by atoms with Crippen LogP contribution in [0.15, 0.2) is 29.6 Å². The zero-order chi connectivity index (χ0) is 13.2. The lowest BCUT2D eigenvalue weighted by Gasteiger charge is -2.17. The number of hydrogen-bond acceptors (Lipinski definition) is 4. The molecule has 4 heteroatoms. The van der Waals surface area contributed by atoms with Crippen molar-refractivity contribution in [1.29, 1.82) is 0 Å². The second-order valence-corrected chi connectivity index (χ2v) is 5.73. The van der Waals surface area contributed by atoms with Crippen LogP contribution < -0.4 is 5.32 Å². The van der Waals surface area contributed by atoms with Crippen LogP contribution in [0.5, 0.6) is 0 Å². The molecule has 2 heterocycles. The number of ketones is 1. The number of nitrogens with one attached hydrogen (secondary N) is 1. The maximum atomic E-state index is 12.7. The smallest absolute Gasteiger partial charge is 0.171 e. The highest BCUT2D eigenvalue weighted by molar-refractivity contribution is 7.17. The van der Waals surface area contributed by atoms with E-state index < -0.39 is 0 Å². The summed E-state index contributed by atoms with van der Waals surface area (Å²) in [6.07, 6.45) is 0. The van der Waals surface area contributed by atoms with Crippen LogP contribution in [0.2, 0.25) is 0 Å². The first-order valence-electron chi connectivity index (χ1n) is 6.63. The van der Waals surface area contributed by atoms with Gasteiger partial charge in [-0.1, -0.05) is 19.1 Å². The molecule has 1 fully saturated rings. The molecule has 3 nitrogen and oxygen atoms in total. The van der Waals surface area contributed by atoms with Gasteiger partial charge in [0.25, 0.3) is 0 Å². The summed E-state index contributed by atoms with van der Waals surface area (Å²) in [5, 5.41) is 6.53. The number of fused-ring (bicyclic) bond motifs is 1. The molecular weight excluding hydrogens is 258 g/mol. The number of rotatable bonds is 4. The Labute approximate surface area is 116 Å². The zero-order valence-corrected chi connectivity index (χ0v) is 11.7. The fraction of sp³-hybridized carbons (Fsp3) is 0.400. The highest BCUT2D eigenvalue weighted by Gasteiger charge is 2.34. The number of carbonyl (C=O) groups is 1. The maximum absolute atomic E-state index is 12.7. The second-order valence-electron chi connectivity index (χ2n) is 4.82. The SMILES string of the molecule is CCNC1COCC1C(=O)c1cccc2ccsc12. The van der Waals surface area contributed by atoms with E-state index in [2.05, 4.69) is 24.4 Å². The van der Waals surface area contributed by atoms with E-state index in [4.69, 9.17) is 4.74 Å². The van der Waals surface area contributed by atoms with Crippen molar-refractivity contribution in [2.24, 2.45) is 5.92 Å². The molecule has 0 saturated carbocycles. The second kappa shape index (κ2) is 5.41. The van der Waals surface area contributed by atoms with Gasteiger partial charge < -0.3 is 10.1 Å². The van der Waals surface area contributed by atoms with Gasteiger partial charge in [-0.15, -0.1) is 11.3 Å². The van der Waals surface area contributed by atoms with Crippen LogP contribution in [0.3, 0.4) is 0 Å². The Bertz CT molecular complexity index is 593. The average Bonchev–Trinajstić information content (AvgIpc) is 3.06. The number of Topliss-reactive ketones (excluding diaryl/α,β-unsaturated/α-hetero) is 1. The summed E-state index contributed by atoms with van der Waals surface area (Å²) in [4.78, 5) is 12.7. The van der Waals surface area contributed by atoms with E-state index in [1.807, 2.05) is 17.5 Å². The molecule has 0 amide bonds. The Balaban J connectivity index is 1.93. The molecule has 100 valence electrons. The lowest BCUT2D eigenvalue weighted by molar-refractivity contribution is 0.0893. The van der Waals surface area contributed by atoms with Gasteiger partial charge in [0.05, 0.1) is 19.1 Å². The van der Waals surface area contributed by atoms with Crippen LogP contribution in [0.4, 0.5) is 0 Å². The van der Waals surface area contributed by atoms with Gasteiger partial charge in [-0.25, -0.2) is 0 Å². The monoisotopic (exact) mass is 275 g/mol. The normalized spacial score (nSPS) is 23.0. The maximum Gasteiger partial charge on any atom is 0.171 e. The molecule has 2 atom stereocenters. The Morgan fingerprint density at radius 1 is 1.42 bits per heavy atom. The molecular formula is C15H17NO2S. The van der Waals surface area contributed by atoms with E-state index >= 15 is 0 Å². The van der Waals surface area contributed by atoms with Gasteiger partial charge in [0.15, 0.2) is 5.78 Å². The van der Waals surface area contributed by atoms with Crippen LogP contribution >= 0.6 is 11.3 Å². The highest BCUT2D eigenvalue weighted by Crippen LogP contribution is 2.28. The summed E-state index contributed by atoms with van der Waals surface area (Å²) < 4.78 is 6.57. The lowest BCUT2D eigenvalue weighted by Crippen LogP contribution is -2.39. The number of thiophene rings is 1. The quantitative estimate of drug-likeness (QED) is 0.872. The summed E-state index contributed by atoms with van der Waals surface area (Å²) in [6.45, 7) is 4.07. The molecule has 3 rings (SSSR count). The molecule has 1 aromatic heterocycles. The molecule has 0 aliphatic carbocycles. The third kappa shape index (κ3) is 2.31. The highest BCUT2D eigenvalue weighted by atomic mass is 32.1. The zero-order valence-electron chi connectivity index (χ0n) is 10.9. The van der Waals surface area contributed by atoms with Gasteiger partial charge in [0.2, 0.25) is 0 Å². The van der Waals surface area contributed by atoms with E-state index in [1.165, 1.54) is 0 Å². The van der Waals surface area contributed by atoms with Crippen LogP contribution in [0, 0.1) is 5.92 Å². The van der Waals surface area contributed by atoms with Crippen LogP contribution in [0.1, 0.15) is 17.3 Å². The van der Waals surface area contributed by atoms with Crippen LogP contribution in [-0.4, -0.2) is 31.6 Å². The molecule has 1 saturated heterocycles. The third-order valence-corrected chi connectivity index (χ3v) is 4.59. The number of ether oxygens (including phenoxy) is 1. The van der Waals surface area contributed by atoms with Gasteiger partial charge >= 0.3 is 0 Å². The Hall–Kier alpha value is -1.23. The molecule has 0 radical (unpaired) electrons. The molecule has 2 aromatic rings. The van der Waals surface area contributed by atoms with Gasteiger partial charge in [-0.2, -0.15) is 0 Å². The molecule has 0 spiro atoms. The fourth-order valence-corrected chi connectivity index (χ4v) is 3.58. The number of likely N-dealkylation sites (N-methyl/N-ethyl adjacent to an activating group) is 1. The summed E-state index contributed by atoms with van der Waals surface area (Å²) in [5.74, 6) is 0.143. The van der Waals surface area contributed by atoms with Gasteiger partial charge in [-0.3, -0.25) is 4.79 Å². The first-order chi connectivity index (χ1) is 9.31. The van der Waals surface area contributed by atoms with Crippen molar-refractivity contribution in [1.82, 2.24) is 5.32 Å². The Morgan fingerprint density at radius 3 is 3.16 bits per heavy atom. The van der Waals surface area contributed by atoms with E-state index in [0.717, 1.165) is 22.2 Å². The van der Waals surface area contributed by atoms with E-state index in [9.17, 15) is 4.79 Å². The first kappa shape index (κ1) is 12.8. The van der Waals surface area contributed by atoms with Crippen molar-refractivity contribution in [2.75, 3.05) is 19.8 Å². The largest absolute Gasteiger partial charge is 0.379 e. The van der Waals surface area contributed by atoms with Gasteiger partial charge in [-0.05, 0) is 29.4 Å². The molecule has 0 bridgehead atoms. The van der Waals surface area contributed by atoms with Crippen molar-refractivity contribution < 1.29 is 9.53 Å². The Kier molecular flexibility index (Phi) is 3.64. The van der Waals surface area contributed by atoms with Crippen molar-refractivity contribution >= 4 is 27.2 Å². The number of carbonyl (C=O) groups excluding carboxylic acids is 1. The predicted octanol–water partition coefficient (Wildman–Crippen LogP) is 2.71. The average molecular weight is 275 g/mol. The first-order valence-corrected chi connectivity index (χ1v) is 7.50. The van der Waals surface area contributed by atoms with E-state index in [0.29, 0.717) is 13.2 Å². The van der Waals surface area contributed by atoms with Crippen molar-refractivity contribution in [2.45, 2.75) is 13.0 Å². The van der Waals surface area contributed by atoms with E-state index in [1.54, 1.807) is 11.3 Å². The number of hydrogen-bond donors (Lipinski definition) is 1. The summed E-state index contributed by atoms with van der Waals surface area (Å²) in [5.41, 5.74) is 0.839.